The van der Waals surface area contributed by atoms with Gasteiger partial charge in [0, 0.05) is 29.5 Å². The van der Waals surface area contributed by atoms with Gasteiger partial charge in [-0.1, -0.05) is 36.0 Å². The topological polar surface area (TPSA) is 17.0 Å². The third-order valence-corrected chi connectivity index (χ3v) is 4.47. The third-order valence-electron chi connectivity index (χ3n) is 3.93. The van der Waals surface area contributed by atoms with E-state index in [-0.39, 0.29) is 0 Å². The van der Waals surface area contributed by atoms with Crippen LogP contribution in [0.5, 0.6) is 0 Å². The molecule has 1 heterocycles. The zero-order chi connectivity index (χ0) is 13.9. The molecule has 1 saturated carbocycles. The van der Waals surface area contributed by atoms with Gasteiger partial charge in [0.1, 0.15) is 0 Å². The van der Waals surface area contributed by atoms with Crippen LogP contribution in [0.2, 0.25) is 10.0 Å². The van der Waals surface area contributed by atoms with Gasteiger partial charge in [-0.25, -0.2) is 0 Å². The fraction of sp³-hybridized carbons (Fsp3) is 0.375. The second-order valence-corrected chi connectivity index (χ2v) is 6.17. The SMILES string of the molecule is Clc1ccc(-n2cccc2CNC2CCCC2)c(Cl)c1. The normalized spacial score (nSPS) is 15.9. The van der Waals surface area contributed by atoms with Crippen molar-refractivity contribution < 1.29 is 0 Å². The van der Waals surface area contributed by atoms with Crippen LogP contribution in [0.15, 0.2) is 36.5 Å². The highest BCUT2D eigenvalue weighted by molar-refractivity contribution is 6.35. The van der Waals surface area contributed by atoms with E-state index in [2.05, 4.69) is 22.0 Å². The Hall–Kier alpha value is -0.960. The summed E-state index contributed by atoms with van der Waals surface area (Å²) >= 11 is 12.3. The number of rotatable bonds is 4. The van der Waals surface area contributed by atoms with Gasteiger partial charge in [-0.2, -0.15) is 0 Å². The molecule has 1 aliphatic rings. The molecule has 0 bridgehead atoms. The summed E-state index contributed by atoms with van der Waals surface area (Å²) in [5.41, 5.74) is 2.20. The summed E-state index contributed by atoms with van der Waals surface area (Å²) in [5, 5.41) is 4.98. The predicted molar refractivity (Wildman–Crippen MR) is 84.9 cm³/mol. The first-order chi connectivity index (χ1) is 9.74. The molecule has 1 fully saturated rings. The highest BCUT2D eigenvalue weighted by Crippen LogP contribution is 2.26. The molecule has 106 valence electrons. The minimum atomic E-state index is 0.663. The third kappa shape index (κ3) is 3.03. The van der Waals surface area contributed by atoms with E-state index in [9.17, 15) is 0 Å². The summed E-state index contributed by atoms with van der Waals surface area (Å²) in [6.07, 6.45) is 7.33. The zero-order valence-corrected chi connectivity index (χ0v) is 12.8. The summed E-state index contributed by atoms with van der Waals surface area (Å²) < 4.78 is 2.13. The first kappa shape index (κ1) is 14.0. The van der Waals surface area contributed by atoms with Crippen molar-refractivity contribution in [2.75, 3.05) is 0 Å². The highest BCUT2D eigenvalue weighted by atomic mass is 35.5. The standard InChI is InChI=1S/C16H18Cl2N2/c17-12-7-8-16(15(18)10-12)20-9-3-6-14(20)11-19-13-4-1-2-5-13/h3,6-10,13,19H,1-2,4-5,11H2. The van der Waals surface area contributed by atoms with Crippen LogP contribution in [-0.4, -0.2) is 10.6 Å². The zero-order valence-electron chi connectivity index (χ0n) is 11.3. The van der Waals surface area contributed by atoms with Gasteiger partial charge in [0.2, 0.25) is 0 Å². The van der Waals surface area contributed by atoms with Gasteiger partial charge >= 0.3 is 0 Å². The Morgan fingerprint density at radius 1 is 1.15 bits per heavy atom. The summed E-state index contributed by atoms with van der Waals surface area (Å²) in [6.45, 7) is 0.872. The van der Waals surface area contributed by atoms with Crippen molar-refractivity contribution in [2.24, 2.45) is 0 Å². The summed E-state index contributed by atoms with van der Waals surface area (Å²) in [6, 6.07) is 10.5. The fourth-order valence-corrected chi connectivity index (χ4v) is 3.35. The minimum absolute atomic E-state index is 0.663. The average molecular weight is 309 g/mol. The van der Waals surface area contributed by atoms with Crippen LogP contribution in [-0.2, 0) is 6.54 Å². The van der Waals surface area contributed by atoms with Crippen LogP contribution in [0, 0.1) is 0 Å². The van der Waals surface area contributed by atoms with Crippen molar-refractivity contribution in [1.82, 2.24) is 9.88 Å². The molecule has 20 heavy (non-hydrogen) atoms. The van der Waals surface area contributed by atoms with Gasteiger partial charge < -0.3 is 9.88 Å². The second kappa shape index (κ2) is 6.21. The minimum Gasteiger partial charge on any atom is -0.318 e. The van der Waals surface area contributed by atoms with Gasteiger partial charge in [-0.3, -0.25) is 0 Å². The highest BCUT2D eigenvalue weighted by Gasteiger charge is 2.15. The quantitative estimate of drug-likeness (QED) is 0.857. The fourth-order valence-electron chi connectivity index (χ4n) is 2.85. The van der Waals surface area contributed by atoms with Crippen LogP contribution in [0.3, 0.4) is 0 Å². The summed E-state index contributed by atoms with van der Waals surface area (Å²) in [7, 11) is 0. The Morgan fingerprint density at radius 2 is 1.95 bits per heavy atom. The molecule has 0 spiro atoms. The van der Waals surface area contributed by atoms with Crippen LogP contribution >= 0.6 is 23.2 Å². The predicted octanol–water partition coefficient (Wildman–Crippen LogP) is 4.82. The Morgan fingerprint density at radius 3 is 2.70 bits per heavy atom. The molecule has 2 nitrogen and oxygen atoms in total. The van der Waals surface area contributed by atoms with E-state index in [0.29, 0.717) is 16.1 Å². The lowest BCUT2D eigenvalue weighted by molar-refractivity contribution is 0.516. The Kier molecular flexibility index (Phi) is 4.35. The molecule has 0 unspecified atom stereocenters. The molecule has 1 aromatic carbocycles. The molecule has 0 saturated heterocycles. The first-order valence-electron chi connectivity index (χ1n) is 7.09. The summed E-state index contributed by atoms with van der Waals surface area (Å²) in [4.78, 5) is 0. The number of nitrogens with zero attached hydrogens (tertiary/aromatic N) is 1. The van der Waals surface area contributed by atoms with Crippen LogP contribution in [0.1, 0.15) is 31.4 Å². The van der Waals surface area contributed by atoms with Crippen molar-refractivity contribution in [3.8, 4) is 5.69 Å². The molecule has 0 amide bonds. The number of hydrogen-bond acceptors (Lipinski definition) is 1. The van der Waals surface area contributed by atoms with Gasteiger partial charge in [0.15, 0.2) is 0 Å². The molecular formula is C16H18Cl2N2. The molecule has 2 aromatic rings. The van der Waals surface area contributed by atoms with Gasteiger partial charge in [0.05, 0.1) is 10.7 Å². The van der Waals surface area contributed by atoms with E-state index in [0.717, 1.165) is 12.2 Å². The van der Waals surface area contributed by atoms with Crippen molar-refractivity contribution >= 4 is 23.2 Å². The monoisotopic (exact) mass is 308 g/mol. The maximum Gasteiger partial charge on any atom is 0.0661 e. The molecule has 0 radical (unpaired) electrons. The molecular weight excluding hydrogens is 291 g/mol. The second-order valence-electron chi connectivity index (χ2n) is 5.33. The molecule has 3 rings (SSSR count). The lowest BCUT2D eigenvalue weighted by Crippen LogP contribution is -2.26. The average Bonchev–Trinajstić information content (AvgIpc) is 3.07. The maximum atomic E-state index is 6.29. The van der Waals surface area contributed by atoms with Crippen molar-refractivity contribution in [2.45, 2.75) is 38.3 Å². The van der Waals surface area contributed by atoms with E-state index in [1.165, 1.54) is 31.4 Å². The lowest BCUT2D eigenvalue weighted by Gasteiger charge is -2.15. The lowest BCUT2D eigenvalue weighted by atomic mass is 10.2. The van der Waals surface area contributed by atoms with Crippen molar-refractivity contribution in [1.29, 1.82) is 0 Å². The summed E-state index contributed by atoms with van der Waals surface area (Å²) in [5.74, 6) is 0. The van der Waals surface area contributed by atoms with Gasteiger partial charge in [0.25, 0.3) is 0 Å². The molecule has 1 aromatic heterocycles. The maximum absolute atomic E-state index is 6.29. The largest absolute Gasteiger partial charge is 0.318 e. The number of aromatic nitrogens is 1. The number of hydrogen-bond donors (Lipinski definition) is 1. The van der Waals surface area contributed by atoms with Crippen LogP contribution < -0.4 is 5.32 Å². The molecule has 4 heteroatoms. The van der Waals surface area contributed by atoms with Gasteiger partial charge in [-0.15, -0.1) is 0 Å². The van der Waals surface area contributed by atoms with E-state index >= 15 is 0 Å². The first-order valence-corrected chi connectivity index (χ1v) is 7.84. The molecule has 1 N–H and O–H groups in total. The van der Waals surface area contributed by atoms with Crippen LogP contribution in [0.25, 0.3) is 5.69 Å². The Balaban J connectivity index is 1.78. The number of nitrogens with one attached hydrogen (secondary N) is 1. The molecule has 1 aliphatic carbocycles. The van der Waals surface area contributed by atoms with E-state index in [1.807, 2.05) is 18.3 Å². The molecule has 0 aliphatic heterocycles. The van der Waals surface area contributed by atoms with E-state index in [4.69, 9.17) is 23.2 Å². The molecule has 0 atom stereocenters. The number of benzene rings is 1. The van der Waals surface area contributed by atoms with E-state index < -0.39 is 0 Å². The van der Waals surface area contributed by atoms with Crippen molar-refractivity contribution in [3.63, 3.8) is 0 Å². The van der Waals surface area contributed by atoms with Gasteiger partial charge in [-0.05, 0) is 43.2 Å². The Labute approximate surface area is 129 Å². The smallest absolute Gasteiger partial charge is 0.0661 e. The van der Waals surface area contributed by atoms with Crippen molar-refractivity contribution in [3.05, 3.63) is 52.3 Å². The van der Waals surface area contributed by atoms with Crippen LogP contribution in [0.4, 0.5) is 0 Å². The number of halogens is 2. The van der Waals surface area contributed by atoms with E-state index in [1.54, 1.807) is 6.07 Å². The Bertz CT molecular complexity index is 586.